The van der Waals surface area contributed by atoms with Crippen molar-refractivity contribution < 1.29 is 19.5 Å². The number of quaternary nitrogens is 1. The van der Waals surface area contributed by atoms with E-state index in [4.69, 9.17) is 11.6 Å². The fourth-order valence-electron chi connectivity index (χ4n) is 6.73. The average molecular weight is 566 g/mol. The van der Waals surface area contributed by atoms with Crippen molar-refractivity contribution in [3.05, 3.63) is 76.8 Å². The highest BCUT2D eigenvalue weighted by Crippen LogP contribution is 2.53. The number of ketones is 1. The van der Waals surface area contributed by atoms with Crippen LogP contribution in [0.5, 0.6) is 0 Å². The maximum Gasteiger partial charge on any atom is 0.384 e. The molecule has 6 nitrogen and oxygen atoms in total. The Kier molecular flexibility index (Phi) is 7.17. The van der Waals surface area contributed by atoms with Gasteiger partial charge in [0.2, 0.25) is 0 Å². The molecule has 1 saturated heterocycles. The molecule has 1 amide bonds. The zero-order chi connectivity index (χ0) is 28.2. The van der Waals surface area contributed by atoms with Crippen LogP contribution in [-0.4, -0.2) is 47.3 Å². The van der Waals surface area contributed by atoms with Crippen molar-refractivity contribution in [2.45, 2.75) is 45.0 Å². The molecule has 8 heteroatoms. The number of amides is 1. The normalized spacial score (nSPS) is 27.3. The van der Waals surface area contributed by atoms with E-state index in [0.29, 0.717) is 23.7 Å². The van der Waals surface area contributed by atoms with Crippen LogP contribution in [0, 0.1) is 11.3 Å². The number of halogens is 1. The molecule has 2 N–H and O–H groups in total. The standard InChI is InChI=1S/C31H33ClN2O4S/c1-19(35)25-14-15-33-31(25,29(37)38)34(18-30(2,3)4)26-13-12-21(32)16-24(26)28(39-17-27(34)36)23-11-7-9-20-8-5-6-10-22(20)23/h5-13,16,25,28,33H,14-15,17-18H2,1-4H3/p+1/t25-,28?,31+,34+/m0/s1. The van der Waals surface area contributed by atoms with Crippen LogP contribution in [0.3, 0.4) is 0 Å². The summed E-state index contributed by atoms with van der Waals surface area (Å²) in [6.45, 7) is 7.97. The smallest absolute Gasteiger partial charge is 0.384 e. The minimum absolute atomic E-state index is 0.0810. The summed E-state index contributed by atoms with van der Waals surface area (Å²) in [6.07, 6.45) is 0.349. The molecule has 3 aromatic carbocycles. The third-order valence-electron chi connectivity index (χ3n) is 8.05. The predicted molar refractivity (Wildman–Crippen MR) is 158 cm³/mol. The molecule has 2 aliphatic rings. The quantitative estimate of drug-likeness (QED) is 0.359. The monoisotopic (exact) mass is 565 g/mol. The Bertz CT molecular complexity index is 1480. The van der Waals surface area contributed by atoms with Crippen molar-refractivity contribution in [2.24, 2.45) is 11.3 Å². The molecule has 2 heterocycles. The Labute approximate surface area is 238 Å². The summed E-state index contributed by atoms with van der Waals surface area (Å²) in [5.74, 6) is -2.45. The SMILES string of the molecule is CC(=O)[C@@H]1CCN[C@@]1(C(=O)O)[N@@+]1(CC(C)(C)C)C(=O)CSC(c2cccc3ccccc23)c2cc(Cl)ccc21. The van der Waals surface area contributed by atoms with Crippen molar-refractivity contribution >= 4 is 57.5 Å². The number of thioether (sulfide) groups is 1. The summed E-state index contributed by atoms with van der Waals surface area (Å²) in [5.41, 5.74) is 0.135. The molecule has 1 unspecified atom stereocenters. The minimum Gasteiger partial charge on any atom is -0.475 e. The van der Waals surface area contributed by atoms with Crippen LogP contribution >= 0.6 is 23.4 Å². The van der Waals surface area contributed by atoms with E-state index in [9.17, 15) is 19.5 Å². The Morgan fingerprint density at radius 1 is 1.10 bits per heavy atom. The number of carbonyl (C=O) groups excluding carboxylic acids is 2. The van der Waals surface area contributed by atoms with Crippen LogP contribution in [0.2, 0.25) is 5.02 Å². The Morgan fingerprint density at radius 2 is 1.82 bits per heavy atom. The molecule has 39 heavy (non-hydrogen) atoms. The number of carboxylic acid groups (broad SMARTS) is 1. The third kappa shape index (κ3) is 4.40. The number of rotatable bonds is 5. The topological polar surface area (TPSA) is 83.5 Å². The highest BCUT2D eigenvalue weighted by Gasteiger charge is 2.71. The third-order valence-corrected chi connectivity index (χ3v) is 9.54. The minimum atomic E-state index is -1.84. The maximum absolute atomic E-state index is 14.7. The summed E-state index contributed by atoms with van der Waals surface area (Å²) >= 11 is 8.10. The maximum atomic E-state index is 14.7. The Balaban J connectivity index is 1.88. The van der Waals surface area contributed by atoms with Crippen molar-refractivity contribution in [3.8, 4) is 0 Å². The van der Waals surface area contributed by atoms with Crippen molar-refractivity contribution in [3.63, 3.8) is 0 Å². The number of benzene rings is 3. The lowest BCUT2D eigenvalue weighted by atomic mass is 9.81. The Morgan fingerprint density at radius 3 is 2.51 bits per heavy atom. The number of hydrogen-bond donors (Lipinski definition) is 2. The molecule has 0 bridgehead atoms. The van der Waals surface area contributed by atoms with Gasteiger partial charge in [0.15, 0.2) is 0 Å². The van der Waals surface area contributed by atoms with Crippen LogP contribution < -0.4 is 9.80 Å². The summed E-state index contributed by atoms with van der Waals surface area (Å²) < 4.78 is -0.489. The van der Waals surface area contributed by atoms with Crippen LogP contribution in [0.1, 0.15) is 50.5 Å². The number of carboxylic acids is 1. The number of fused-ring (bicyclic) bond motifs is 2. The predicted octanol–water partition coefficient (Wildman–Crippen LogP) is 6.19. The number of nitrogens with one attached hydrogen (secondary N) is 1. The highest BCUT2D eigenvalue weighted by atomic mass is 35.5. The van der Waals surface area contributed by atoms with E-state index >= 15 is 0 Å². The van der Waals surface area contributed by atoms with Gasteiger partial charge in [-0.15, -0.1) is 11.8 Å². The van der Waals surface area contributed by atoms with E-state index in [0.717, 1.165) is 21.9 Å². The van der Waals surface area contributed by atoms with Crippen LogP contribution in [0.15, 0.2) is 60.7 Å². The lowest BCUT2D eigenvalue weighted by molar-refractivity contribution is -0.166. The van der Waals surface area contributed by atoms with E-state index in [2.05, 4.69) is 29.6 Å². The van der Waals surface area contributed by atoms with Gasteiger partial charge in [0.25, 0.3) is 5.66 Å². The van der Waals surface area contributed by atoms with Gasteiger partial charge in [-0.3, -0.25) is 10.1 Å². The number of carbonyl (C=O) groups is 3. The molecule has 3 aromatic rings. The number of hydrogen-bond acceptors (Lipinski definition) is 5. The Hall–Kier alpha value is -2.71. The number of aliphatic carboxylic acids is 1. The van der Waals surface area contributed by atoms with Crippen LogP contribution in [-0.2, 0) is 14.4 Å². The second-order valence-corrected chi connectivity index (χ2v) is 13.4. The molecule has 1 fully saturated rings. The second-order valence-electron chi connectivity index (χ2n) is 11.8. The summed E-state index contributed by atoms with van der Waals surface area (Å²) in [4.78, 5) is 41.2. The lowest BCUT2D eigenvalue weighted by Crippen LogP contribution is -2.81. The second kappa shape index (κ2) is 10.0. The first kappa shape index (κ1) is 27.8. The van der Waals surface area contributed by atoms with Crippen molar-refractivity contribution in [1.29, 1.82) is 0 Å². The first-order valence-corrected chi connectivity index (χ1v) is 14.6. The molecule has 2 aliphatic heterocycles. The zero-order valence-electron chi connectivity index (χ0n) is 22.7. The summed E-state index contributed by atoms with van der Waals surface area (Å²) in [5, 5.41) is 16.6. The van der Waals surface area contributed by atoms with Gasteiger partial charge in [-0.25, -0.2) is 9.59 Å². The van der Waals surface area contributed by atoms with Gasteiger partial charge in [0.05, 0.1) is 11.8 Å². The highest BCUT2D eigenvalue weighted by molar-refractivity contribution is 8.00. The van der Waals surface area contributed by atoms with E-state index in [-0.39, 0.29) is 29.2 Å². The average Bonchev–Trinajstić information content (AvgIpc) is 3.30. The summed E-state index contributed by atoms with van der Waals surface area (Å²) in [7, 11) is 0. The zero-order valence-corrected chi connectivity index (χ0v) is 24.2. The van der Waals surface area contributed by atoms with Gasteiger partial charge < -0.3 is 5.11 Å². The summed E-state index contributed by atoms with van der Waals surface area (Å²) in [6, 6.07) is 19.7. The van der Waals surface area contributed by atoms with Gasteiger partial charge in [-0.05, 0) is 41.8 Å². The molecule has 204 valence electrons. The van der Waals surface area contributed by atoms with Gasteiger partial charge in [-0.1, -0.05) is 74.8 Å². The van der Waals surface area contributed by atoms with Crippen LogP contribution in [0.4, 0.5) is 5.69 Å². The molecule has 5 rings (SSSR count). The number of nitrogens with zero attached hydrogens (tertiary/aromatic N) is 1. The van der Waals surface area contributed by atoms with Crippen molar-refractivity contribution in [1.82, 2.24) is 9.80 Å². The van der Waals surface area contributed by atoms with Crippen LogP contribution in [0.25, 0.3) is 10.8 Å². The van der Waals surface area contributed by atoms with E-state index < -0.39 is 27.4 Å². The molecular formula is C31H34ClN2O4S+. The van der Waals surface area contributed by atoms with E-state index in [1.54, 1.807) is 6.07 Å². The van der Waals surface area contributed by atoms with Gasteiger partial charge in [0.1, 0.15) is 23.1 Å². The molecule has 0 radical (unpaired) electrons. The molecule has 0 saturated carbocycles. The van der Waals surface area contributed by atoms with Gasteiger partial charge in [0, 0.05) is 28.6 Å². The largest absolute Gasteiger partial charge is 0.475 e. The molecule has 4 atom stereocenters. The van der Waals surface area contributed by atoms with Gasteiger partial charge in [-0.2, -0.15) is 4.48 Å². The number of Topliss-reactive ketones (excluding diaryl/α,β-unsaturated/α-hetero) is 1. The first-order valence-electron chi connectivity index (χ1n) is 13.2. The van der Waals surface area contributed by atoms with Crippen molar-refractivity contribution in [2.75, 3.05) is 18.8 Å². The molecule has 0 aliphatic carbocycles. The first-order chi connectivity index (χ1) is 18.4. The fourth-order valence-corrected chi connectivity index (χ4v) is 8.19. The van der Waals surface area contributed by atoms with E-state index in [1.165, 1.54) is 18.7 Å². The molecule has 0 spiro atoms. The molecular weight excluding hydrogens is 532 g/mol. The molecule has 0 aromatic heterocycles. The fraction of sp³-hybridized carbons (Fsp3) is 0.387. The van der Waals surface area contributed by atoms with E-state index in [1.807, 2.05) is 51.1 Å². The lowest BCUT2D eigenvalue weighted by Gasteiger charge is -2.50. The van der Waals surface area contributed by atoms with Gasteiger partial charge >= 0.3 is 11.9 Å².